The fourth-order valence-electron chi connectivity index (χ4n) is 2.36. The number of piperidine rings is 1. The van der Waals surface area contributed by atoms with Crippen LogP contribution in [0.4, 0.5) is 19.3 Å². The van der Waals surface area contributed by atoms with Crippen molar-refractivity contribution in [2.24, 2.45) is 5.92 Å². The Morgan fingerprint density at radius 3 is 2.27 bits per heavy atom. The smallest absolute Gasteiger partial charge is 0.321 e. The zero-order chi connectivity index (χ0) is 16.3. The van der Waals surface area contributed by atoms with Crippen LogP contribution in [0, 0.1) is 17.6 Å². The van der Waals surface area contributed by atoms with Crippen LogP contribution in [0.15, 0.2) is 17.0 Å². The molecule has 1 aliphatic heterocycles. The molecule has 8 heteroatoms. The maximum absolute atomic E-state index is 13.7. The molecule has 0 saturated carbocycles. The summed E-state index contributed by atoms with van der Waals surface area (Å²) in [5.74, 6) is -2.77. The van der Waals surface area contributed by atoms with E-state index in [1.165, 1.54) is 4.90 Å². The Balaban J connectivity index is 2.00. The van der Waals surface area contributed by atoms with Crippen molar-refractivity contribution in [1.29, 1.82) is 0 Å². The number of hydrogen-bond acceptors (Lipinski definition) is 3. The molecule has 0 spiro atoms. The number of carboxylic acid groups (broad SMARTS) is 1. The summed E-state index contributed by atoms with van der Waals surface area (Å²) in [5.41, 5.74) is 0.0400. The Morgan fingerprint density at radius 1 is 1.27 bits per heavy atom. The molecule has 1 heterocycles. The number of anilines is 1. The lowest BCUT2D eigenvalue weighted by Crippen LogP contribution is -2.42. The maximum Gasteiger partial charge on any atom is 0.321 e. The first kappa shape index (κ1) is 16.5. The van der Waals surface area contributed by atoms with Gasteiger partial charge in [0, 0.05) is 18.8 Å². The topological polar surface area (TPSA) is 69.6 Å². The number of rotatable bonds is 3. The minimum atomic E-state index is -0.864. The van der Waals surface area contributed by atoms with Crippen LogP contribution in [-0.4, -0.2) is 41.4 Å². The SMILES string of the molecule is CSc1c(F)cc(NC(=O)N2CCC(C(=O)O)CC2)cc1F. The van der Waals surface area contributed by atoms with E-state index in [1.54, 1.807) is 6.26 Å². The van der Waals surface area contributed by atoms with Gasteiger partial charge in [0.25, 0.3) is 0 Å². The second-order valence-corrected chi connectivity index (χ2v) is 5.82. The Kier molecular flexibility index (Phi) is 5.23. The Morgan fingerprint density at radius 2 is 1.82 bits per heavy atom. The van der Waals surface area contributed by atoms with Crippen LogP contribution in [0.1, 0.15) is 12.8 Å². The zero-order valence-electron chi connectivity index (χ0n) is 11.9. The van der Waals surface area contributed by atoms with Crippen molar-refractivity contribution >= 4 is 29.4 Å². The molecular formula is C14H16F2N2O3S. The highest BCUT2D eigenvalue weighted by Crippen LogP contribution is 2.26. The summed E-state index contributed by atoms with van der Waals surface area (Å²) in [6, 6.07) is 1.65. The number of benzene rings is 1. The summed E-state index contributed by atoms with van der Waals surface area (Å²) in [6.45, 7) is 0.604. The van der Waals surface area contributed by atoms with Gasteiger partial charge in [0.1, 0.15) is 11.6 Å². The van der Waals surface area contributed by atoms with Crippen molar-refractivity contribution in [2.75, 3.05) is 24.7 Å². The minimum absolute atomic E-state index is 0.0400. The number of carboxylic acids is 1. The van der Waals surface area contributed by atoms with Gasteiger partial charge in [-0.05, 0) is 31.2 Å². The van der Waals surface area contributed by atoms with Crippen molar-refractivity contribution < 1.29 is 23.5 Å². The number of aliphatic carboxylic acids is 1. The lowest BCUT2D eigenvalue weighted by Gasteiger charge is -2.30. The van der Waals surface area contributed by atoms with Gasteiger partial charge >= 0.3 is 12.0 Å². The first-order valence-corrected chi connectivity index (χ1v) is 7.96. The minimum Gasteiger partial charge on any atom is -0.481 e. The third kappa shape index (κ3) is 3.68. The highest BCUT2D eigenvalue weighted by molar-refractivity contribution is 7.98. The number of nitrogens with one attached hydrogen (secondary N) is 1. The van der Waals surface area contributed by atoms with E-state index in [0.717, 1.165) is 23.9 Å². The molecule has 0 unspecified atom stereocenters. The van der Waals surface area contributed by atoms with Gasteiger partial charge in [0.15, 0.2) is 0 Å². The molecule has 1 aromatic rings. The molecule has 1 aliphatic rings. The molecule has 2 amide bonds. The molecule has 1 saturated heterocycles. The van der Waals surface area contributed by atoms with Gasteiger partial charge in [-0.25, -0.2) is 13.6 Å². The van der Waals surface area contributed by atoms with E-state index < -0.39 is 29.6 Å². The highest BCUT2D eigenvalue weighted by Gasteiger charge is 2.27. The van der Waals surface area contributed by atoms with Gasteiger partial charge in [-0.2, -0.15) is 0 Å². The van der Waals surface area contributed by atoms with E-state index in [-0.39, 0.29) is 10.6 Å². The predicted molar refractivity (Wildman–Crippen MR) is 79.1 cm³/mol. The van der Waals surface area contributed by atoms with Gasteiger partial charge in [0.05, 0.1) is 10.8 Å². The van der Waals surface area contributed by atoms with Crippen molar-refractivity contribution in [3.05, 3.63) is 23.8 Å². The quantitative estimate of drug-likeness (QED) is 0.836. The Hall–Kier alpha value is -1.83. The Labute approximate surface area is 130 Å². The van der Waals surface area contributed by atoms with Crippen molar-refractivity contribution in [2.45, 2.75) is 17.7 Å². The highest BCUT2D eigenvalue weighted by atomic mass is 32.2. The largest absolute Gasteiger partial charge is 0.481 e. The van der Waals surface area contributed by atoms with Crippen molar-refractivity contribution in [3.63, 3.8) is 0 Å². The molecule has 120 valence electrons. The molecular weight excluding hydrogens is 314 g/mol. The number of likely N-dealkylation sites (tertiary alicyclic amines) is 1. The summed E-state index contributed by atoms with van der Waals surface area (Å²) in [6.07, 6.45) is 2.31. The fraction of sp³-hybridized carbons (Fsp3) is 0.429. The first-order valence-electron chi connectivity index (χ1n) is 6.74. The van der Waals surface area contributed by atoms with Gasteiger partial charge in [-0.1, -0.05) is 0 Å². The van der Waals surface area contributed by atoms with Gasteiger partial charge in [0.2, 0.25) is 0 Å². The lowest BCUT2D eigenvalue weighted by molar-refractivity contribution is -0.143. The first-order chi connectivity index (χ1) is 10.4. The summed E-state index contributed by atoms with van der Waals surface area (Å²) in [7, 11) is 0. The van der Waals surface area contributed by atoms with Crippen LogP contribution in [0.25, 0.3) is 0 Å². The number of nitrogens with zero attached hydrogens (tertiary/aromatic N) is 1. The van der Waals surface area contributed by atoms with E-state index in [4.69, 9.17) is 5.11 Å². The standard InChI is InChI=1S/C14H16F2N2O3S/c1-22-12-10(15)6-9(7-11(12)16)17-14(21)18-4-2-8(3-5-18)13(19)20/h6-8H,2-5H2,1H3,(H,17,21)(H,19,20). The lowest BCUT2D eigenvalue weighted by atomic mass is 9.97. The zero-order valence-corrected chi connectivity index (χ0v) is 12.8. The second kappa shape index (κ2) is 6.95. The van der Waals surface area contributed by atoms with Crippen molar-refractivity contribution in [1.82, 2.24) is 4.90 Å². The summed E-state index contributed by atoms with van der Waals surface area (Å²) in [4.78, 5) is 24.2. The molecule has 1 fully saturated rings. The average Bonchev–Trinajstić information content (AvgIpc) is 2.47. The van der Waals surface area contributed by atoms with Crippen molar-refractivity contribution in [3.8, 4) is 0 Å². The van der Waals surface area contributed by atoms with E-state index >= 15 is 0 Å². The molecule has 2 rings (SSSR count). The molecule has 2 N–H and O–H groups in total. The number of carbonyl (C=O) groups is 2. The van der Waals surface area contributed by atoms with E-state index in [9.17, 15) is 18.4 Å². The predicted octanol–water partition coefficient (Wildman–Crippen LogP) is 3.02. The number of carbonyl (C=O) groups excluding carboxylic acids is 1. The van der Waals surface area contributed by atoms with E-state index in [0.29, 0.717) is 25.9 Å². The molecule has 0 radical (unpaired) electrons. The number of thioether (sulfide) groups is 1. The summed E-state index contributed by atoms with van der Waals surface area (Å²) < 4.78 is 27.3. The second-order valence-electron chi connectivity index (χ2n) is 5.00. The van der Waals surface area contributed by atoms with E-state index in [2.05, 4.69) is 5.32 Å². The van der Waals surface area contributed by atoms with Gasteiger partial charge in [-0.3, -0.25) is 4.79 Å². The molecule has 0 aliphatic carbocycles. The fourth-order valence-corrected chi connectivity index (χ4v) is 2.87. The molecule has 5 nitrogen and oxygen atoms in total. The Bertz CT molecular complexity index is 566. The summed E-state index contributed by atoms with van der Waals surface area (Å²) in [5, 5.41) is 11.3. The van der Waals surface area contributed by atoms with E-state index in [1.807, 2.05) is 0 Å². The molecule has 1 aromatic carbocycles. The summed E-state index contributed by atoms with van der Waals surface area (Å²) >= 11 is 0.952. The normalized spacial score (nSPS) is 15.7. The molecule has 0 bridgehead atoms. The van der Waals surface area contributed by atoms with Crippen LogP contribution in [0.5, 0.6) is 0 Å². The van der Waals surface area contributed by atoms with Crippen LogP contribution in [-0.2, 0) is 4.79 Å². The van der Waals surface area contributed by atoms with Crippen LogP contribution in [0.3, 0.4) is 0 Å². The number of urea groups is 1. The van der Waals surface area contributed by atoms with Gasteiger partial charge in [-0.15, -0.1) is 11.8 Å². The number of amides is 2. The number of halogens is 2. The maximum atomic E-state index is 13.7. The molecule has 0 atom stereocenters. The third-order valence-electron chi connectivity index (χ3n) is 3.59. The monoisotopic (exact) mass is 330 g/mol. The van der Waals surface area contributed by atoms with Crippen LogP contribution >= 0.6 is 11.8 Å². The number of hydrogen-bond donors (Lipinski definition) is 2. The molecule has 22 heavy (non-hydrogen) atoms. The molecule has 0 aromatic heterocycles. The third-order valence-corrected chi connectivity index (χ3v) is 4.38. The van der Waals surface area contributed by atoms with Crippen LogP contribution in [0.2, 0.25) is 0 Å². The van der Waals surface area contributed by atoms with Crippen LogP contribution < -0.4 is 5.32 Å². The van der Waals surface area contributed by atoms with Gasteiger partial charge < -0.3 is 15.3 Å². The average molecular weight is 330 g/mol.